The molecule has 1 saturated heterocycles. The van der Waals surface area contributed by atoms with Crippen LogP contribution in [0.25, 0.3) is 0 Å². The zero-order chi connectivity index (χ0) is 12.3. The Morgan fingerprint density at radius 3 is 3.24 bits per heavy atom. The lowest BCUT2D eigenvalue weighted by molar-refractivity contribution is -0.0117. The van der Waals surface area contributed by atoms with Crippen LogP contribution < -0.4 is 11.1 Å². The summed E-state index contributed by atoms with van der Waals surface area (Å²) in [6, 6.07) is 0. The van der Waals surface area contributed by atoms with Gasteiger partial charge in [-0.1, -0.05) is 0 Å². The van der Waals surface area contributed by atoms with Crippen molar-refractivity contribution >= 4 is 11.8 Å². The van der Waals surface area contributed by atoms with Crippen LogP contribution in [0.4, 0.5) is 11.8 Å². The average molecular weight is 237 g/mol. The number of nitrogens with one attached hydrogen (secondary N) is 1. The molecule has 2 rings (SSSR count). The van der Waals surface area contributed by atoms with Crippen molar-refractivity contribution in [2.75, 3.05) is 44.3 Å². The molecular formula is C11H19N5O. The van der Waals surface area contributed by atoms with Gasteiger partial charge in [0.05, 0.1) is 12.7 Å². The predicted octanol–water partition coefficient (Wildman–Crippen LogP) is 0.110. The van der Waals surface area contributed by atoms with E-state index in [0.29, 0.717) is 5.95 Å². The molecule has 0 aromatic carbocycles. The lowest BCUT2D eigenvalue weighted by atomic mass is 10.2. The van der Waals surface area contributed by atoms with Gasteiger partial charge in [0.2, 0.25) is 5.95 Å². The van der Waals surface area contributed by atoms with E-state index in [1.54, 1.807) is 6.20 Å². The van der Waals surface area contributed by atoms with Crippen molar-refractivity contribution in [2.45, 2.75) is 13.0 Å². The van der Waals surface area contributed by atoms with E-state index in [0.717, 1.165) is 37.6 Å². The SMILES string of the molecule is Cc1cnc(N)nc1NCC1CN(C)CCO1. The fourth-order valence-corrected chi connectivity index (χ4v) is 1.84. The number of ether oxygens (including phenoxy) is 1. The summed E-state index contributed by atoms with van der Waals surface area (Å²) in [7, 11) is 2.10. The number of hydrogen-bond donors (Lipinski definition) is 2. The topological polar surface area (TPSA) is 76.3 Å². The molecule has 2 heterocycles. The van der Waals surface area contributed by atoms with Crippen LogP contribution in [0.2, 0.25) is 0 Å². The second-order valence-electron chi connectivity index (χ2n) is 4.40. The Labute approximate surface area is 101 Å². The van der Waals surface area contributed by atoms with E-state index >= 15 is 0 Å². The number of aromatic nitrogens is 2. The first-order valence-electron chi connectivity index (χ1n) is 5.78. The van der Waals surface area contributed by atoms with E-state index in [9.17, 15) is 0 Å². The van der Waals surface area contributed by atoms with E-state index in [2.05, 4.69) is 27.2 Å². The lowest BCUT2D eigenvalue weighted by Crippen LogP contribution is -2.43. The summed E-state index contributed by atoms with van der Waals surface area (Å²) in [5, 5.41) is 3.26. The highest BCUT2D eigenvalue weighted by molar-refractivity contribution is 5.45. The molecule has 0 amide bonds. The molecule has 0 aliphatic carbocycles. The van der Waals surface area contributed by atoms with Gasteiger partial charge in [-0.2, -0.15) is 4.98 Å². The van der Waals surface area contributed by atoms with Crippen molar-refractivity contribution in [1.82, 2.24) is 14.9 Å². The van der Waals surface area contributed by atoms with E-state index in [1.807, 2.05) is 6.92 Å². The molecule has 3 N–H and O–H groups in total. The molecule has 0 bridgehead atoms. The van der Waals surface area contributed by atoms with Gasteiger partial charge in [0.15, 0.2) is 0 Å². The minimum atomic E-state index is 0.198. The van der Waals surface area contributed by atoms with E-state index in [1.165, 1.54) is 0 Å². The van der Waals surface area contributed by atoms with E-state index < -0.39 is 0 Å². The summed E-state index contributed by atoms with van der Waals surface area (Å²) in [5.41, 5.74) is 6.55. The maximum atomic E-state index is 5.66. The van der Waals surface area contributed by atoms with Gasteiger partial charge < -0.3 is 20.7 Å². The van der Waals surface area contributed by atoms with E-state index in [4.69, 9.17) is 10.5 Å². The molecule has 1 aromatic heterocycles. The van der Waals surface area contributed by atoms with Crippen LogP contribution in [-0.2, 0) is 4.74 Å². The van der Waals surface area contributed by atoms with Gasteiger partial charge in [-0.3, -0.25) is 0 Å². The number of nitrogens with zero attached hydrogens (tertiary/aromatic N) is 3. The first kappa shape index (κ1) is 12.1. The first-order valence-corrected chi connectivity index (χ1v) is 5.78. The van der Waals surface area contributed by atoms with Gasteiger partial charge >= 0.3 is 0 Å². The molecule has 94 valence electrons. The monoisotopic (exact) mass is 237 g/mol. The largest absolute Gasteiger partial charge is 0.374 e. The third kappa shape index (κ3) is 3.28. The Morgan fingerprint density at radius 2 is 2.47 bits per heavy atom. The smallest absolute Gasteiger partial charge is 0.221 e. The normalized spacial score (nSPS) is 21.4. The summed E-state index contributed by atoms with van der Waals surface area (Å²) >= 11 is 0. The van der Waals surface area contributed by atoms with Crippen LogP contribution in [0.3, 0.4) is 0 Å². The Morgan fingerprint density at radius 1 is 1.65 bits per heavy atom. The Bertz CT molecular complexity index is 384. The van der Waals surface area contributed by atoms with Crippen LogP contribution in [0, 0.1) is 6.92 Å². The minimum absolute atomic E-state index is 0.198. The van der Waals surface area contributed by atoms with Gasteiger partial charge in [-0.25, -0.2) is 4.98 Å². The fraction of sp³-hybridized carbons (Fsp3) is 0.636. The number of nitrogen functional groups attached to an aromatic ring is 1. The zero-order valence-electron chi connectivity index (χ0n) is 10.3. The number of likely N-dealkylation sites (N-methyl/N-ethyl adjacent to an activating group) is 1. The van der Waals surface area contributed by atoms with Crippen molar-refractivity contribution in [3.8, 4) is 0 Å². The molecule has 6 heteroatoms. The third-order valence-electron chi connectivity index (χ3n) is 2.83. The van der Waals surface area contributed by atoms with Crippen LogP contribution in [0.15, 0.2) is 6.20 Å². The number of anilines is 2. The van der Waals surface area contributed by atoms with E-state index in [-0.39, 0.29) is 6.10 Å². The summed E-state index contributed by atoms with van der Waals surface area (Å²) in [6.45, 7) is 5.41. The highest BCUT2D eigenvalue weighted by atomic mass is 16.5. The van der Waals surface area contributed by atoms with Crippen LogP contribution in [-0.4, -0.2) is 54.3 Å². The quantitative estimate of drug-likeness (QED) is 0.777. The van der Waals surface area contributed by atoms with Crippen molar-refractivity contribution in [3.05, 3.63) is 11.8 Å². The molecule has 0 radical (unpaired) electrons. The Hall–Kier alpha value is -1.40. The first-order chi connectivity index (χ1) is 8.15. The summed E-state index contributed by atoms with van der Waals surface area (Å²) in [4.78, 5) is 10.4. The standard InChI is InChI=1S/C11H19N5O/c1-8-5-14-11(12)15-10(8)13-6-9-7-16(2)3-4-17-9/h5,9H,3-4,6-7H2,1-2H3,(H3,12,13,14,15). The molecule has 1 atom stereocenters. The van der Waals surface area contributed by atoms with Gasteiger partial charge in [-0.05, 0) is 14.0 Å². The zero-order valence-corrected chi connectivity index (χ0v) is 10.3. The second kappa shape index (κ2) is 5.29. The molecule has 0 spiro atoms. The average Bonchev–Trinajstić information content (AvgIpc) is 2.30. The molecular weight excluding hydrogens is 218 g/mol. The summed E-state index contributed by atoms with van der Waals surface area (Å²) < 4.78 is 5.66. The Kier molecular flexibility index (Phi) is 3.75. The molecule has 6 nitrogen and oxygen atoms in total. The number of hydrogen-bond acceptors (Lipinski definition) is 6. The van der Waals surface area contributed by atoms with Crippen molar-refractivity contribution in [2.24, 2.45) is 0 Å². The highest BCUT2D eigenvalue weighted by Gasteiger charge is 2.17. The summed E-state index contributed by atoms with van der Waals surface area (Å²) in [6.07, 6.45) is 1.92. The number of rotatable bonds is 3. The fourth-order valence-electron chi connectivity index (χ4n) is 1.84. The van der Waals surface area contributed by atoms with Crippen LogP contribution in [0.5, 0.6) is 0 Å². The predicted molar refractivity (Wildman–Crippen MR) is 66.9 cm³/mol. The molecule has 0 saturated carbocycles. The number of aryl methyl sites for hydroxylation is 1. The van der Waals surface area contributed by atoms with Gasteiger partial charge in [0, 0.05) is 31.4 Å². The van der Waals surface area contributed by atoms with Crippen LogP contribution >= 0.6 is 0 Å². The minimum Gasteiger partial charge on any atom is -0.374 e. The molecule has 17 heavy (non-hydrogen) atoms. The van der Waals surface area contributed by atoms with Crippen LogP contribution in [0.1, 0.15) is 5.56 Å². The second-order valence-corrected chi connectivity index (χ2v) is 4.40. The Balaban J connectivity index is 1.90. The maximum Gasteiger partial charge on any atom is 0.221 e. The number of nitrogens with two attached hydrogens (primary N) is 1. The van der Waals surface area contributed by atoms with Crippen molar-refractivity contribution in [1.29, 1.82) is 0 Å². The molecule has 1 aromatic rings. The summed E-state index contributed by atoms with van der Waals surface area (Å²) in [5.74, 6) is 1.08. The van der Waals surface area contributed by atoms with Gasteiger partial charge in [0.1, 0.15) is 5.82 Å². The molecule has 1 aliphatic rings. The highest BCUT2D eigenvalue weighted by Crippen LogP contribution is 2.12. The van der Waals surface area contributed by atoms with Gasteiger partial charge in [-0.15, -0.1) is 0 Å². The third-order valence-corrected chi connectivity index (χ3v) is 2.83. The molecule has 1 aliphatic heterocycles. The lowest BCUT2D eigenvalue weighted by Gasteiger charge is -2.30. The molecule has 1 fully saturated rings. The van der Waals surface area contributed by atoms with Crippen molar-refractivity contribution < 1.29 is 4.74 Å². The maximum absolute atomic E-state index is 5.66. The van der Waals surface area contributed by atoms with Crippen molar-refractivity contribution in [3.63, 3.8) is 0 Å². The van der Waals surface area contributed by atoms with Gasteiger partial charge in [0.25, 0.3) is 0 Å². The number of morpholine rings is 1. The molecule has 1 unspecified atom stereocenters.